The molecular formula is C16H13NO3. The third-order valence-corrected chi connectivity index (χ3v) is 3.46. The number of aromatic hydroxyl groups is 1. The van der Waals surface area contributed by atoms with Crippen LogP contribution in [-0.2, 0) is 9.59 Å². The minimum Gasteiger partial charge on any atom is -0.508 e. The quantitative estimate of drug-likeness (QED) is 0.850. The van der Waals surface area contributed by atoms with Gasteiger partial charge in [-0.2, -0.15) is 0 Å². The van der Waals surface area contributed by atoms with E-state index in [0.29, 0.717) is 5.69 Å². The van der Waals surface area contributed by atoms with E-state index in [9.17, 15) is 14.7 Å². The molecule has 0 spiro atoms. The van der Waals surface area contributed by atoms with Gasteiger partial charge in [-0.15, -0.1) is 0 Å². The summed E-state index contributed by atoms with van der Waals surface area (Å²) in [7, 11) is 0. The first kappa shape index (κ1) is 12.4. The zero-order valence-electron chi connectivity index (χ0n) is 10.7. The van der Waals surface area contributed by atoms with Crippen molar-refractivity contribution < 1.29 is 14.7 Å². The monoisotopic (exact) mass is 267 g/mol. The van der Waals surface area contributed by atoms with Crippen LogP contribution in [0.15, 0.2) is 54.6 Å². The summed E-state index contributed by atoms with van der Waals surface area (Å²) < 4.78 is 0. The third kappa shape index (κ3) is 2.05. The van der Waals surface area contributed by atoms with Crippen molar-refractivity contribution in [3.63, 3.8) is 0 Å². The molecule has 4 nitrogen and oxygen atoms in total. The highest BCUT2D eigenvalue weighted by Gasteiger charge is 2.40. The highest BCUT2D eigenvalue weighted by Crippen LogP contribution is 2.33. The molecule has 2 aromatic rings. The smallest absolute Gasteiger partial charge is 0.241 e. The lowest BCUT2D eigenvalue weighted by atomic mass is 9.97. The fourth-order valence-corrected chi connectivity index (χ4v) is 2.45. The number of hydrogen-bond acceptors (Lipinski definition) is 3. The van der Waals surface area contributed by atoms with Crippen LogP contribution in [0.1, 0.15) is 17.9 Å². The Morgan fingerprint density at radius 2 is 1.60 bits per heavy atom. The number of amides is 2. The lowest BCUT2D eigenvalue weighted by Gasteiger charge is -2.15. The number of phenols is 1. The van der Waals surface area contributed by atoms with Crippen LogP contribution < -0.4 is 4.90 Å². The predicted molar refractivity (Wildman–Crippen MR) is 74.4 cm³/mol. The fraction of sp³-hybridized carbons (Fsp3) is 0.125. The summed E-state index contributed by atoms with van der Waals surface area (Å²) in [4.78, 5) is 25.8. The van der Waals surface area contributed by atoms with E-state index < -0.39 is 5.92 Å². The molecule has 0 radical (unpaired) electrons. The van der Waals surface area contributed by atoms with Crippen molar-refractivity contribution in [1.82, 2.24) is 0 Å². The summed E-state index contributed by atoms with van der Waals surface area (Å²) in [6, 6.07) is 15.3. The number of carbonyl (C=O) groups is 2. The molecule has 20 heavy (non-hydrogen) atoms. The molecule has 2 aromatic carbocycles. The van der Waals surface area contributed by atoms with Gasteiger partial charge in [-0.3, -0.25) is 14.5 Å². The lowest BCUT2D eigenvalue weighted by Crippen LogP contribution is -2.29. The minimum absolute atomic E-state index is 0.144. The molecule has 0 aliphatic carbocycles. The molecule has 2 amide bonds. The maximum Gasteiger partial charge on any atom is 0.241 e. The first-order valence-corrected chi connectivity index (χ1v) is 6.37. The number of rotatable bonds is 2. The van der Waals surface area contributed by atoms with Crippen LogP contribution in [0.3, 0.4) is 0 Å². The number of para-hydroxylation sites is 1. The van der Waals surface area contributed by atoms with Crippen LogP contribution in [0.5, 0.6) is 5.75 Å². The molecule has 1 heterocycles. The van der Waals surface area contributed by atoms with Gasteiger partial charge < -0.3 is 5.11 Å². The van der Waals surface area contributed by atoms with Gasteiger partial charge in [0.25, 0.3) is 0 Å². The van der Waals surface area contributed by atoms with Gasteiger partial charge in [0.15, 0.2) is 0 Å². The van der Waals surface area contributed by atoms with Crippen molar-refractivity contribution in [3.8, 4) is 5.75 Å². The molecule has 1 N–H and O–H groups in total. The van der Waals surface area contributed by atoms with Crippen molar-refractivity contribution in [2.75, 3.05) is 4.90 Å². The Balaban J connectivity index is 1.93. The topological polar surface area (TPSA) is 57.6 Å². The number of imide groups is 1. The van der Waals surface area contributed by atoms with E-state index in [1.165, 1.54) is 17.0 Å². The summed E-state index contributed by atoms with van der Waals surface area (Å²) in [6.45, 7) is 0. The van der Waals surface area contributed by atoms with E-state index in [1.54, 1.807) is 36.4 Å². The Labute approximate surface area is 116 Å². The van der Waals surface area contributed by atoms with Gasteiger partial charge in [0, 0.05) is 6.42 Å². The molecule has 1 atom stereocenters. The molecule has 1 unspecified atom stereocenters. The standard InChI is InChI=1S/C16H13NO3/c18-13-8-6-11(7-9-13)14-10-15(19)17(16(14)20)12-4-2-1-3-5-12/h1-9,14,18H,10H2. The van der Waals surface area contributed by atoms with Gasteiger partial charge in [0.05, 0.1) is 11.6 Å². The average molecular weight is 267 g/mol. The molecular weight excluding hydrogens is 254 g/mol. The van der Waals surface area contributed by atoms with Crippen LogP contribution >= 0.6 is 0 Å². The van der Waals surface area contributed by atoms with Gasteiger partial charge in [-0.1, -0.05) is 30.3 Å². The Kier molecular flexibility index (Phi) is 2.99. The van der Waals surface area contributed by atoms with Crippen molar-refractivity contribution >= 4 is 17.5 Å². The largest absolute Gasteiger partial charge is 0.508 e. The van der Waals surface area contributed by atoms with Crippen molar-refractivity contribution in [2.45, 2.75) is 12.3 Å². The van der Waals surface area contributed by atoms with Crippen LogP contribution in [0.2, 0.25) is 0 Å². The van der Waals surface area contributed by atoms with Gasteiger partial charge >= 0.3 is 0 Å². The normalized spacial score (nSPS) is 18.6. The molecule has 4 heteroatoms. The van der Waals surface area contributed by atoms with Crippen molar-refractivity contribution in [1.29, 1.82) is 0 Å². The molecule has 100 valence electrons. The van der Waals surface area contributed by atoms with Gasteiger partial charge in [-0.05, 0) is 29.8 Å². The number of anilines is 1. The Bertz CT molecular complexity index is 649. The Hall–Kier alpha value is -2.62. The molecule has 1 saturated heterocycles. The fourth-order valence-electron chi connectivity index (χ4n) is 2.45. The number of carbonyl (C=O) groups excluding carboxylic acids is 2. The van der Waals surface area contributed by atoms with Crippen molar-refractivity contribution in [3.05, 3.63) is 60.2 Å². The summed E-state index contributed by atoms with van der Waals surface area (Å²) in [5, 5.41) is 9.29. The van der Waals surface area contributed by atoms with Gasteiger partial charge in [0.2, 0.25) is 11.8 Å². The SMILES string of the molecule is O=C1CC(c2ccc(O)cc2)C(=O)N1c1ccccc1. The van der Waals surface area contributed by atoms with Crippen LogP contribution in [-0.4, -0.2) is 16.9 Å². The second-order valence-corrected chi connectivity index (χ2v) is 4.75. The number of benzene rings is 2. The van der Waals surface area contributed by atoms with Crippen LogP contribution in [0.4, 0.5) is 5.69 Å². The number of hydrogen-bond donors (Lipinski definition) is 1. The maximum atomic E-state index is 12.4. The van der Waals surface area contributed by atoms with Gasteiger partial charge in [-0.25, -0.2) is 0 Å². The second-order valence-electron chi connectivity index (χ2n) is 4.75. The van der Waals surface area contributed by atoms with Crippen LogP contribution in [0.25, 0.3) is 0 Å². The first-order chi connectivity index (χ1) is 9.66. The maximum absolute atomic E-state index is 12.4. The van der Waals surface area contributed by atoms with Crippen molar-refractivity contribution in [2.24, 2.45) is 0 Å². The molecule has 1 aliphatic heterocycles. The van der Waals surface area contributed by atoms with E-state index in [2.05, 4.69) is 0 Å². The summed E-state index contributed by atoms with van der Waals surface area (Å²) in [5.74, 6) is -0.736. The zero-order chi connectivity index (χ0) is 14.1. The Morgan fingerprint density at radius 1 is 0.950 bits per heavy atom. The predicted octanol–water partition coefficient (Wildman–Crippen LogP) is 2.44. The highest BCUT2D eigenvalue weighted by atomic mass is 16.3. The second kappa shape index (κ2) is 4.81. The molecule has 3 rings (SSSR count). The summed E-state index contributed by atoms with van der Waals surface area (Å²) in [5.41, 5.74) is 1.35. The van der Waals surface area contributed by atoms with E-state index in [-0.39, 0.29) is 24.0 Å². The summed E-state index contributed by atoms with van der Waals surface area (Å²) in [6.07, 6.45) is 0.165. The van der Waals surface area contributed by atoms with E-state index >= 15 is 0 Å². The lowest BCUT2D eigenvalue weighted by molar-refractivity contribution is -0.121. The van der Waals surface area contributed by atoms with E-state index in [0.717, 1.165) is 5.56 Å². The molecule has 0 saturated carbocycles. The molecule has 1 aliphatic rings. The van der Waals surface area contributed by atoms with Gasteiger partial charge in [0.1, 0.15) is 5.75 Å². The van der Waals surface area contributed by atoms with E-state index in [4.69, 9.17) is 0 Å². The molecule has 0 aromatic heterocycles. The highest BCUT2D eigenvalue weighted by molar-refractivity contribution is 6.22. The number of phenolic OH excluding ortho intramolecular Hbond substituents is 1. The number of nitrogens with zero attached hydrogens (tertiary/aromatic N) is 1. The van der Waals surface area contributed by atoms with E-state index in [1.807, 2.05) is 6.07 Å². The average Bonchev–Trinajstić information content (AvgIpc) is 2.76. The summed E-state index contributed by atoms with van der Waals surface area (Å²) >= 11 is 0. The Morgan fingerprint density at radius 3 is 2.25 bits per heavy atom. The third-order valence-electron chi connectivity index (χ3n) is 3.46. The minimum atomic E-state index is -0.469. The van der Waals surface area contributed by atoms with Crippen LogP contribution in [0, 0.1) is 0 Å². The first-order valence-electron chi connectivity index (χ1n) is 6.37. The molecule has 0 bridgehead atoms. The zero-order valence-corrected chi connectivity index (χ0v) is 10.7. The molecule has 1 fully saturated rings.